The van der Waals surface area contributed by atoms with Crippen LogP contribution in [0.5, 0.6) is 0 Å². The Kier molecular flexibility index (Phi) is 9.25. The molecule has 1 saturated heterocycles. The molecule has 224 valence electrons. The number of unbranched alkanes of at least 4 members (excludes halogenated alkanes) is 3. The maximum absolute atomic E-state index is 13.4. The van der Waals surface area contributed by atoms with Gasteiger partial charge in [0.25, 0.3) is 11.8 Å². The lowest BCUT2D eigenvalue weighted by molar-refractivity contribution is -0.138. The Bertz CT molecular complexity index is 1400. The summed E-state index contributed by atoms with van der Waals surface area (Å²) in [6, 6.07) is 6.55. The molecule has 0 radical (unpaired) electrons. The van der Waals surface area contributed by atoms with Crippen LogP contribution in [-0.4, -0.2) is 54.4 Å². The van der Waals surface area contributed by atoms with Crippen molar-refractivity contribution >= 4 is 23.3 Å². The lowest BCUT2D eigenvalue weighted by atomic mass is 10.0. The largest absolute Gasteiger partial charge is 0.419 e. The number of benzene rings is 1. The molecule has 7 nitrogen and oxygen atoms in total. The zero-order valence-corrected chi connectivity index (χ0v) is 22.9. The van der Waals surface area contributed by atoms with E-state index in [1.807, 2.05) is 0 Å². The average Bonchev–Trinajstić information content (AvgIpc) is 3.16. The molecular formula is C29H29F6N5O2. The molecule has 0 saturated carbocycles. The van der Waals surface area contributed by atoms with Crippen LogP contribution in [0.1, 0.15) is 55.7 Å². The van der Waals surface area contributed by atoms with Crippen molar-refractivity contribution in [3.05, 3.63) is 64.4 Å². The predicted octanol–water partition coefficient (Wildman–Crippen LogP) is 5.95. The number of hydrogen-bond donors (Lipinski definition) is 0. The van der Waals surface area contributed by atoms with Gasteiger partial charge >= 0.3 is 12.4 Å². The van der Waals surface area contributed by atoms with Crippen LogP contribution in [0.2, 0.25) is 0 Å². The number of carbonyl (C=O) groups excluding carboxylic acids is 2. The Morgan fingerprint density at radius 1 is 0.881 bits per heavy atom. The van der Waals surface area contributed by atoms with Crippen LogP contribution in [0.25, 0.3) is 0 Å². The number of pyridine rings is 1. The number of carbonyl (C=O) groups is 2. The van der Waals surface area contributed by atoms with Gasteiger partial charge in [0.2, 0.25) is 0 Å². The number of nitriles is 1. The molecule has 0 unspecified atom stereocenters. The minimum absolute atomic E-state index is 0.0484. The highest BCUT2D eigenvalue weighted by molar-refractivity contribution is 6.32. The number of piperazine rings is 1. The van der Waals surface area contributed by atoms with Crippen molar-refractivity contribution in [1.29, 1.82) is 5.26 Å². The summed E-state index contributed by atoms with van der Waals surface area (Å²) in [6.07, 6.45) is -4.57. The van der Waals surface area contributed by atoms with Crippen molar-refractivity contribution < 1.29 is 35.9 Å². The molecule has 0 N–H and O–H groups in total. The van der Waals surface area contributed by atoms with Crippen LogP contribution < -0.4 is 9.80 Å². The Morgan fingerprint density at radius 2 is 1.55 bits per heavy atom. The van der Waals surface area contributed by atoms with Crippen molar-refractivity contribution in [2.24, 2.45) is 0 Å². The lowest BCUT2D eigenvalue weighted by Crippen LogP contribution is -2.47. The molecule has 0 spiro atoms. The number of amides is 2. The van der Waals surface area contributed by atoms with Crippen LogP contribution in [0.4, 0.5) is 37.8 Å². The number of nitrogens with zero attached hydrogens (tertiary/aromatic N) is 5. The summed E-state index contributed by atoms with van der Waals surface area (Å²) >= 11 is 0. The third-order valence-electron chi connectivity index (χ3n) is 7.54. The highest BCUT2D eigenvalue weighted by Crippen LogP contribution is 2.37. The van der Waals surface area contributed by atoms with Gasteiger partial charge in [-0.25, -0.2) is 9.88 Å². The second kappa shape index (κ2) is 12.5. The number of rotatable bonds is 9. The summed E-state index contributed by atoms with van der Waals surface area (Å²) in [6.45, 7) is 4.34. The predicted molar refractivity (Wildman–Crippen MR) is 142 cm³/mol. The van der Waals surface area contributed by atoms with Crippen molar-refractivity contribution in [2.75, 3.05) is 42.5 Å². The van der Waals surface area contributed by atoms with E-state index in [2.05, 4.69) is 9.88 Å². The van der Waals surface area contributed by atoms with E-state index in [4.69, 9.17) is 5.26 Å². The zero-order chi connectivity index (χ0) is 30.7. The fourth-order valence-electron chi connectivity index (χ4n) is 5.26. The molecule has 4 rings (SSSR count). The fourth-order valence-corrected chi connectivity index (χ4v) is 5.26. The van der Waals surface area contributed by atoms with Crippen molar-refractivity contribution in [2.45, 2.75) is 51.4 Å². The number of hydrogen-bond acceptors (Lipinski definition) is 6. The first kappa shape index (κ1) is 31.0. The molecule has 2 aromatic rings. The molecule has 42 heavy (non-hydrogen) atoms. The Morgan fingerprint density at radius 3 is 2.19 bits per heavy atom. The Hall–Kier alpha value is -3.92. The van der Waals surface area contributed by atoms with E-state index in [0.717, 1.165) is 48.9 Å². The number of aromatic nitrogens is 1. The van der Waals surface area contributed by atoms with E-state index in [-0.39, 0.29) is 22.7 Å². The topological polar surface area (TPSA) is 80.5 Å². The summed E-state index contributed by atoms with van der Waals surface area (Å²) in [4.78, 5) is 34.3. The van der Waals surface area contributed by atoms with Crippen LogP contribution in [0, 0.1) is 11.3 Å². The quantitative estimate of drug-likeness (QED) is 0.203. The van der Waals surface area contributed by atoms with Gasteiger partial charge in [-0.2, -0.15) is 31.6 Å². The van der Waals surface area contributed by atoms with Crippen LogP contribution >= 0.6 is 0 Å². The van der Waals surface area contributed by atoms with E-state index in [0.29, 0.717) is 45.1 Å². The van der Waals surface area contributed by atoms with Crippen LogP contribution in [0.15, 0.2) is 47.7 Å². The van der Waals surface area contributed by atoms with E-state index in [1.165, 1.54) is 25.3 Å². The number of alkyl halides is 6. The van der Waals surface area contributed by atoms with Gasteiger partial charge in [0.15, 0.2) is 0 Å². The molecule has 1 fully saturated rings. The average molecular weight is 594 g/mol. The molecule has 0 aliphatic carbocycles. The highest BCUT2D eigenvalue weighted by atomic mass is 19.4. The number of imide groups is 1. The van der Waals surface area contributed by atoms with Crippen molar-refractivity contribution in [3.63, 3.8) is 0 Å². The smallest absolute Gasteiger partial charge is 0.354 e. The molecule has 2 aliphatic heterocycles. The van der Waals surface area contributed by atoms with Gasteiger partial charge in [-0.15, -0.1) is 0 Å². The van der Waals surface area contributed by atoms with E-state index < -0.39 is 40.9 Å². The van der Waals surface area contributed by atoms with Gasteiger partial charge in [0.05, 0.1) is 28.4 Å². The fraction of sp³-hybridized carbons (Fsp3) is 0.448. The van der Waals surface area contributed by atoms with E-state index >= 15 is 0 Å². The minimum Gasteiger partial charge on any atom is -0.354 e. The summed E-state index contributed by atoms with van der Waals surface area (Å²) in [5, 5.41) is 9.00. The lowest BCUT2D eigenvalue weighted by Gasteiger charge is -2.36. The first-order valence-corrected chi connectivity index (χ1v) is 13.5. The normalized spacial score (nSPS) is 16.9. The second-order valence-electron chi connectivity index (χ2n) is 10.3. The summed E-state index contributed by atoms with van der Waals surface area (Å²) in [7, 11) is 0. The summed E-state index contributed by atoms with van der Waals surface area (Å²) in [5.41, 5.74) is -2.32. The monoisotopic (exact) mass is 593 g/mol. The van der Waals surface area contributed by atoms with Crippen molar-refractivity contribution in [3.8, 4) is 6.07 Å². The van der Waals surface area contributed by atoms with Gasteiger partial charge in [-0.05, 0) is 63.1 Å². The number of anilines is 2. The summed E-state index contributed by atoms with van der Waals surface area (Å²) < 4.78 is 80.1. The molecule has 2 amide bonds. The molecule has 1 aromatic heterocycles. The first-order chi connectivity index (χ1) is 19.8. The van der Waals surface area contributed by atoms with E-state index in [1.54, 1.807) is 4.90 Å². The van der Waals surface area contributed by atoms with Gasteiger partial charge in [-0.3, -0.25) is 14.5 Å². The van der Waals surface area contributed by atoms with Gasteiger partial charge < -0.3 is 4.90 Å². The molecule has 2 aliphatic rings. The van der Waals surface area contributed by atoms with Gasteiger partial charge in [0, 0.05) is 43.5 Å². The third-order valence-corrected chi connectivity index (χ3v) is 7.54. The van der Waals surface area contributed by atoms with E-state index in [9.17, 15) is 35.9 Å². The second-order valence-corrected chi connectivity index (χ2v) is 10.3. The minimum atomic E-state index is -4.82. The Balaban J connectivity index is 1.23. The maximum atomic E-state index is 13.4. The zero-order valence-electron chi connectivity index (χ0n) is 22.9. The Labute approximate surface area is 239 Å². The molecular weight excluding hydrogens is 564 g/mol. The summed E-state index contributed by atoms with van der Waals surface area (Å²) in [5.74, 6) is -1.39. The molecule has 1 aromatic carbocycles. The van der Waals surface area contributed by atoms with Gasteiger partial charge in [0.1, 0.15) is 5.82 Å². The number of halogens is 6. The first-order valence-electron chi connectivity index (χ1n) is 13.5. The third kappa shape index (κ3) is 6.75. The molecule has 13 heteroatoms. The molecule has 0 atom stereocenters. The molecule has 0 bridgehead atoms. The van der Waals surface area contributed by atoms with Gasteiger partial charge in [-0.1, -0.05) is 12.8 Å². The van der Waals surface area contributed by atoms with Crippen LogP contribution in [0.3, 0.4) is 0 Å². The molecule has 3 heterocycles. The SMILES string of the molecule is CC1=C(CCCCCCN2CCN(c3ncccc3C(F)(F)F)CC2)C(=O)N(c2ccc(C#N)c(C(F)(F)F)c2)C1=O. The highest BCUT2D eigenvalue weighted by Gasteiger charge is 2.39. The maximum Gasteiger partial charge on any atom is 0.419 e. The van der Waals surface area contributed by atoms with Crippen molar-refractivity contribution in [1.82, 2.24) is 9.88 Å². The standard InChI is InChI=1S/C29H29F6N5O2/c1-19-22(27(42)40(26(19)41)21-10-9-20(18-36)24(17-21)29(33,34)35)7-4-2-3-5-12-38-13-15-39(16-14-38)25-23(28(30,31)32)8-6-11-37-25/h6,8-11,17H,2-5,7,12-16H2,1H3. The van der Waals surface area contributed by atoms with Crippen LogP contribution in [-0.2, 0) is 21.9 Å².